The lowest BCUT2D eigenvalue weighted by molar-refractivity contribution is -0.160. The Morgan fingerprint density at radius 3 is 2.26 bits per heavy atom. The van der Waals surface area contributed by atoms with Gasteiger partial charge in [-0.25, -0.2) is 9.48 Å². The summed E-state index contributed by atoms with van der Waals surface area (Å²) in [4.78, 5) is 23.3. The van der Waals surface area contributed by atoms with Crippen LogP contribution in [0.25, 0.3) is 16.9 Å². The Morgan fingerprint density at radius 1 is 0.968 bits per heavy atom. The zero-order chi connectivity index (χ0) is 22.3. The van der Waals surface area contributed by atoms with Gasteiger partial charge in [-0.05, 0) is 12.1 Å². The molecule has 0 spiro atoms. The molecule has 0 radical (unpaired) electrons. The molecule has 3 rings (SSSR count). The topological polar surface area (TPSA) is 85.3 Å². The van der Waals surface area contributed by atoms with Crippen LogP contribution < -0.4 is 10.6 Å². The van der Waals surface area contributed by atoms with Crippen molar-refractivity contribution in [2.75, 3.05) is 13.2 Å². The molecule has 0 aliphatic carbocycles. The van der Waals surface area contributed by atoms with Crippen LogP contribution in [-0.4, -0.2) is 41.1 Å². The third kappa shape index (κ3) is 6.59. The highest BCUT2D eigenvalue weighted by atomic mass is 19.4. The summed E-state index contributed by atoms with van der Waals surface area (Å²) in [5.74, 6) is -0.588. The van der Waals surface area contributed by atoms with Crippen LogP contribution in [0.5, 0.6) is 0 Å². The second-order valence-corrected chi connectivity index (χ2v) is 6.47. The lowest BCUT2D eigenvalue weighted by atomic mass is 10.1. The minimum atomic E-state index is -4.63. The van der Waals surface area contributed by atoms with Crippen LogP contribution >= 0.6 is 0 Å². The lowest BCUT2D eigenvalue weighted by Gasteiger charge is -2.09. The van der Waals surface area contributed by atoms with E-state index in [0.717, 1.165) is 16.8 Å². The summed E-state index contributed by atoms with van der Waals surface area (Å²) in [6, 6.07) is 18.8. The molecular weight excluding hydrogens is 413 g/mol. The third-order valence-corrected chi connectivity index (χ3v) is 4.09. The van der Waals surface area contributed by atoms with Gasteiger partial charge >= 0.3 is 12.3 Å². The number of para-hydroxylation sites is 1. The van der Waals surface area contributed by atoms with Gasteiger partial charge in [-0.2, -0.15) is 18.3 Å². The Morgan fingerprint density at radius 2 is 1.61 bits per heavy atom. The van der Waals surface area contributed by atoms with E-state index in [0.29, 0.717) is 5.69 Å². The molecule has 0 aliphatic rings. The molecule has 3 aromatic rings. The highest BCUT2D eigenvalue weighted by Gasteiger charge is 2.29. The number of alkyl carbamates (subject to hydrolysis) is 1. The van der Waals surface area contributed by atoms with Gasteiger partial charge in [-0.1, -0.05) is 48.5 Å². The maximum Gasteiger partial charge on any atom is 0.422 e. The van der Waals surface area contributed by atoms with E-state index in [9.17, 15) is 22.8 Å². The van der Waals surface area contributed by atoms with Crippen molar-refractivity contribution in [3.8, 4) is 16.9 Å². The standard InChI is InChI=1S/C21H19F3N4O3/c22-21(23,24)14-31-20(30)26-12-18(29)25-11-16-13-28(17-9-5-2-6-10-17)27-19(16)15-7-3-1-4-8-15/h1-10,13H,11-12,14H2,(H,25,29)(H,26,30). The van der Waals surface area contributed by atoms with E-state index in [-0.39, 0.29) is 6.54 Å². The Balaban J connectivity index is 1.64. The molecule has 162 valence electrons. The number of carbonyl (C=O) groups excluding carboxylic acids is 2. The molecule has 2 amide bonds. The van der Waals surface area contributed by atoms with Crippen LogP contribution in [0.15, 0.2) is 66.9 Å². The van der Waals surface area contributed by atoms with Crippen molar-refractivity contribution >= 4 is 12.0 Å². The highest BCUT2D eigenvalue weighted by molar-refractivity contribution is 5.82. The average molecular weight is 432 g/mol. The van der Waals surface area contributed by atoms with E-state index < -0.39 is 31.3 Å². The molecule has 1 aromatic heterocycles. The maximum atomic E-state index is 12.0. The fraction of sp³-hybridized carbons (Fsp3) is 0.190. The number of carbonyl (C=O) groups is 2. The summed E-state index contributed by atoms with van der Waals surface area (Å²) in [6.45, 7) is -2.14. The van der Waals surface area contributed by atoms with Gasteiger partial charge in [0.05, 0.1) is 11.4 Å². The minimum absolute atomic E-state index is 0.106. The fourth-order valence-corrected chi connectivity index (χ4v) is 2.70. The van der Waals surface area contributed by atoms with E-state index in [1.54, 1.807) is 10.9 Å². The van der Waals surface area contributed by atoms with Gasteiger partial charge in [0.1, 0.15) is 6.54 Å². The van der Waals surface area contributed by atoms with Gasteiger partial charge < -0.3 is 15.4 Å². The van der Waals surface area contributed by atoms with Gasteiger partial charge in [0.2, 0.25) is 5.91 Å². The van der Waals surface area contributed by atoms with Crippen LogP contribution in [0, 0.1) is 0 Å². The smallest absolute Gasteiger partial charge is 0.422 e. The van der Waals surface area contributed by atoms with E-state index >= 15 is 0 Å². The van der Waals surface area contributed by atoms with Crippen molar-refractivity contribution in [1.29, 1.82) is 0 Å². The number of nitrogens with zero attached hydrogens (tertiary/aromatic N) is 2. The Bertz CT molecular complexity index is 1020. The number of nitrogens with one attached hydrogen (secondary N) is 2. The average Bonchev–Trinajstić information content (AvgIpc) is 3.20. The minimum Gasteiger partial charge on any atom is -0.440 e. The number of aromatic nitrogens is 2. The first-order valence-electron chi connectivity index (χ1n) is 9.25. The van der Waals surface area contributed by atoms with Crippen molar-refractivity contribution in [2.24, 2.45) is 0 Å². The van der Waals surface area contributed by atoms with Crippen molar-refractivity contribution in [2.45, 2.75) is 12.7 Å². The zero-order valence-electron chi connectivity index (χ0n) is 16.2. The van der Waals surface area contributed by atoms with E-state index in [4.69, 9.17) is 0 Å². The summed E-state index contributed by atoms with van der Waals surface area (Å²) < 4.78 is 41.8. The van der Waals surface area contributed by atoms with Crippen molar-refractivity contribution in [1.82, 2.24) is 20.4 Å². The maximum absolute atomic E-state index is 12.0. The molecule has 31 heavy (non-hydrogen) atoms. The Kier molecular flexibility index (Phi) is 6.91. The van der Waals surface area contributed by atoms with E-state index in [1.807, 2.05) is 66.0 Å². The first-order chi connectivity index (χ1) is 14.8. The number of hydrogen-bond donors (Lipinski definition) is 2. The summed E-state index contributed by atoms with van der Waals surface area (Å²) in [7, 11) is 0. The number of alkyl halides is 3. The molecule has 10 heteroatoms. The van der Waals surface area contributed by atoms with Crippen LogP contribution in [0.4, 0.5) is 18.0 Å². The molecule has 0 atom stereocenters. The first kappa shape index (κ1) is 21.9. The zero-order valence-corrected chi connectivity index (χ0v) is 16.2. The molecule has 0 saturated carbocycles. The lowest BCUT2D eigenvalue weighted by Crippen LogP contribution is -2.38. The van der Waals surface area contributed by atoms with Crippen molar-refractivity contribution < 1.29 is 27.5 Å². The van der Waals surface area contributed by atoms with Gasteiger partial charge in [0.25, 0.3) is 0 Å². The third-order valence-electron chi connectivity index (χ3n) is 4.09. The summed E-state index contributed by atoms with van der Waals surface area (Å²) in [5, 5.41) is 9.21. The van der Waals surface area contributed by atoms with Crippen molar-refractivity contribution in [3.63, 3.8) is 0 Å². The van der Waals surface area contributed by atoms with E-state index in [1.165, 1.54) is 0 Å². The molecule has 0 saturated heterocycles. The summed E-state index contributed by atoms with van der Waals surface area (Å²) in [5.41, 5.74) is 3.09. The molecule has 0 unspecified atom stereocenters. The summed E-state index contributed by atoms with van der Waals surface area (Å²) in [6.07, 6.45) is -4.18. The number of rotatable bonds is 7. The fourth-order valence-electron chi connectivity index (χ4n) is 2.70. The summed E-state index contributed by atoms with van der Waals surface area (Å²) >= 11 is 0. The van der Waals surface area contributed by atoms with Gasteiger partial charge in [0, 0.05) is 23.9 Å². The number of hydrogen-bond acceptors (Lipinski definition) is 4. The molecule has 2 N–H and O–H groups in total. The molecule has 0 aliphatic heterocycles. The molecule has 7 nitrogen and oxygen atoms in total. The largest absolute Gasteiger partial charge is 0.440 e. The molecule has 2 aromatic carbocycles. The molecule has 0 bridgehead atoms. The Labute approximate surface area is 175 Å². The monoisotopic (exact) mass is 432 g/mol. The van der Waals surface area contributed by atoms with Gasteiger partial charge in [-0.15, -0.1) is 0 Å². The molecular formula is C21H19F3N4O3. The van der Waals surface area contributed by atoms with Crippen LogP contribution in [-0.2, 0) is 16.1 Å². The normalized spacial score (nSPS) is 11.1. The number of ether oxygens (including phenoxy) is 1. The van der Waals surface area contributed by atoms with Crippen molar-refractivity contribution in [3.05, 3.63) is 72.4 Å². The van der Waals surface area contributed by atoms with Crippen LogP contribution in [0.3, 0.4) is 0 Å². The highest BCUT2D eigenvalue weighted by Crippen LogP contribution is 2.23. The second kappa shape index (κ2) is 9.79. The second-order valence-electron chi connectivity index (χ2n) is 6.47. The number of amides is 2. The molecule has 1 heterocycles. The van der Waals surface area contributed by atoms with Gasteiger partial charge in [-0.3, -0.25) is 4.79 Å². The van der Waals surface area contributed by atoms with Gasteiger partial charge in [0.15, 0.2) is 6.61 Å². The van der Waals surface area contributed by atoms with E-state index in [2.05, 4.69) is 15.2 Å². The Hall–Kier alpha value is -3.82. The predicted molar refractivity (Wildman–Crippen MR) is 106 cm³/mol. The first-order valence-corrected chi connectivity index (χ1v) is 9.25. The predicted octanol–water partition coefficient (Wildman–Crippen LogP) is 3.44. The van der Waals surface area contributed by atoms with Crippen LogP contribution in [0.1, 0.15) is 5.56 Å². The SMILES string of the molecule is O=C(CNC(=O)OCC(F)(F)F)NCc1cn(-c2ccccc2)nc1-c1ccccc1. The number of benzene rings is 2. The quantitative estimate of drug-likeness (QED) is 0.599. The molecule has 0 fully saturated rings. The number of halogens is 3. The van der Waals surface area contributed by atoms with Crippen LogP contribution in [0.2, 0.25) is 0 Å².